The fraction of sp³-hybridized carbons (Fsp3) is 0.125. The first-order chi connectivity index (χ1) is 7.86. The molecule has 0 atom stereocenters. The molecule has 9 heteroatoms. The molecule has 0 spiro atoms. The summed E-state index contributed by atoms with van der Waals surface area (Å²) in [6, 6.07) is 0.576. The van der Waals surface area contributed by atoms with Gasteiger partial charge in [-0.1, -0.05) is 11.6 Å². The third-order valence-electron chi connectivity index (χ3n) is 1.53. The second-order valence-corrected chi connectivity index (χ2v) is 3.76. The van der Waals surface area contributed by atoms with Crippen LogP contribution in [0.2, 0.25) is 5.02 Å². The Morgan fingerprint density at radius 3 is 2.65 bits per heavy atom. The van der Waals surface area contributed by atoms with Gasteiger partial charge < -0.3 is 0 Å². The van der Waals surface area contributed by atoms with E-state index in [9.17, 15) is 22.8 Å². The summed E-state index contributed by atoms with van der Waals surface area (Å²) in [5.74, 6) is 0. The Bertz CT molecular complexity index is 500. The minimum Gasteiger partial charge on any atom is -0.278 e. The molecular weight excluding hydrogens is 281 g/mol. The minimum atomic E-state index is -4.59. The molecule has 4 nitrogen and oxygen atoms in total. The summed E-state index contributed by atoms with van der Waals surface area (Å²) < 4.78 is 39.6. The van der Waals surface area contributed by atoms with Crippen molar-refractivity contribution in [1.29, 1.82) is 0 Å². The van der Waals surface area contributed by atoms with Gasteiger partial charge in [0.05, 0.1) is 22.5 Å². The Morgan fingerprint density at radius 2 is 2.18 bits per heavy atom. The molecule has 1 rings (SSSR count). The van der Waals surface area contributed by atoms with Gasteiger partial charge in [0.25, 0.3) is 5.12 Å². The number of hydrogen-bond donors (Lipinski definition) is 0. The van der Waals surface area contributed by atoms with Crippen LogP contribution in [0.5, 0.6) is 0 Å². The van der Waals surface area contributed by atoms with Crippen molar-refractivity contribution < 1.29 is 22.8 Å². The van der Waals surface area contributed by atoms with Crippen LogP contribution in [0.3, 0.4) is 0 Å². The number of rotatable bonds is 2. The predicted molar refractivity (Wildman–Crippen MR) is 54.3 cm³/mol. The predicted octanol–water partition coefficient (Wildman–Crippen LogP) is 2.88. The van der Waals surface area contributed by atoms with Gasteiger partial charge in [-0.3, -0.25) is 4.79 Å². The quantitative estimate of drug-likeness (QED) is 0.475. The van der Waals surface area contributed by atoms with E-state index < -0.39 is 27.6 Å². The van der Waals surface area contributed by atoms with E-state index >= 15 is 0 Å². The first kappa shape index (κ1) is 13.7. The number of pyridine rings is 1. The Morgan fingerprint density at radius 1 is 1.53 bits per heavy atom. The van der Waals surface area contributed by atoms with Crippen molar-refractivity contribution in [2.45, 2.75) is 6.18 Å². The molecule has 17 heavy (non-hydrogen) atoms. The van der Waals surface area contributed by atoms with Gasteiger partial charge in [-0.05, 0) is 6.07 Å². The van der Waals surface area contributed by atoms with Crippen LogP contribution in [0.1, 0.15) is 16.1 Å². The Kier molecular flexibility index (Phi) is 4.28. The summed E-state index contributed by atoms with van der Waals surface area (Å²) in [5, 5.41) is -1.30. The molecule has 0 aromatic carbocycles. The number of alkyl halides is 3. The number of carbonyl (C=O) groups is 1. The number of hydrogen-bond acceptors (Lipinski definition) is 5. The van der Waals surface area contributed by atoms with Crippen LogP contribution in [0.15, 0.2) is 16.7 Å². The van der Waals surface area contributed by atoms with Crippen LogP contribution in [0, 0.1) is 0 Å². The van der Waals surface area contributed by atoms with Crippen molar-refractivity contribution >= 4 is 34.7 Å². The van der Waals surface area contributed by atoms with E-state index in [0.717, 1.165) is 6.08 Å². The van der Waals surface area contributed by atoms with Crippen LogP contribution in [0.4, 0.5) is 13.2 Å². The molecule has 0 unspecified atom stereocenters. The highest BCUT2D eigenvalue weighted by Crippen LogP contribution is 2.31. The molecule has 90 valence electrons. The van der Waals surface area contributed by atoms with Crippen molar-refractivity contribution in [3.05, 3.63) is 28.5 Å². The SMILES string of the molecule is O=C=NSC(=O)c1ncc(C(F)(F)F)cc1Cl. The second kappa shape index (κ2) is 5.31. The van der Waals surface area contributed by atoms with Gasteiger partial charge in [-0.25, -0.2) is 9.78 Å². The highest BCUT2D eigenvalue weighted by atomic mass is 35.5. The summed E-state index contributed by atoms with van der Waals surface area (Å²) in [7, 11) is 0. The first-order valence-electron chi connectivity index (χ1n) is 3.87. The van der Waals surface area contributed by atoms with Crippen molar-refractivity contribution in [1.82, 2.24) is 4.98 Å². The lowest BCUT2D eigenvalue weighted by atomic mass is 10.2. The van der Waals surface area contributed by atoms with Gasteiger partial charge in [0.1, 0.15) is 5.69 Å². The van der Waals surface area contributed by atoms with E-state index in [1.807, 2.05) is 0 Å². The molecule has 1 heterocycles. The maximum atomic E-state index is 12.2. The standard InChI is InChI=1S/C8H2ClF3N2O2S/c9-5-1-4(8(10,11)12)2-13-6(5)7(16)17-14-3-15/h1-2H. The lowest BCUT2D eigenvalue weighted by Crippen LogP contribution is -2.08. The van der Waals surface area contributed by atoms with Gasteiger partial charge in [0, 0.05) is 6.20 Å². The molecule has 0 saturated heterocycles. The summed E-state index contributed by atoms with van der Waals surface area (Å²) in [5.41, 5.74) is -1.47. The zero-order valence-corrected chi connectivity index (χ0v) is 9.36. The molecule has 1 aromatic heterocycles. The minimum absolute atomic E-state index is 0.191. The number of nitrogens with zero attached hydrogens (tertiary/aromatic N) is 2. The zero-order chi connectivity index (χ0) is 13.1. The zero-order valence-electron chi connectivity index (χ0n) is 7.79. The second-order valence-electron chi connectivity index (χ2n) is 2.61. The fourth-order valence-electron chi connectivity index (χ4n) is 0.846. The largest absolute Gasteiger partial charge is 0.417 e. The average molecular weight is 283 g/mol. The highest BCUT2D eigenvalue weighted by molar-refractivity contribution is 8.13. The topological polar surface area (TPSA) is 59.4 Å². The lowest BCUT2D eigenvalue weighted by Gasteiger charge is -2.07. The van der Waals surface area contributed by atoms with Gasteiger partial charge in [0.15, 0.2) is 0 Å². The fourth-order valence-corrected chi connectivity index (χ4v) is 1.52. The molecule has 0 bridgehead atoms. The smallest absolute Gasteiger partial charge is 0.278 e. The van der Waals surface area contributed by atoms with Crippen LogP contribution in [-0.2, 0) is 11.0 Å². The van der Waals surface area contributed by atoms with E-state index in [1.165, 1.54) is 0 Å². The molecule has 0 amide bonds. The Labute approximate surface area is 102 Å². The van der Waals surface area contributed by atoms with E-state index in [0.29, 0.717) is 12.3 Å². The van der Waals surface area contributed by atoms with Crippen LogP contribution in [0.25, 0.3) is 0 Å². The Hall–Kier alpha value is -1.37. The lowest BCUT2D eigenvalue weighted by molar-refractivity contribution is -0.137. The normalized spacial score (nSPS) is 10.8. The molecule has 0 saturated carbocycles. The third kappa shape index (κ3) is 3.55. The van der Waals surface area contributed by atoms with Gasteiger partial charge in [-0.2, -0.15) is 13.2 Å². The van der Waals surface area contributed by atoms with Crippen LogP contribution >= 0.6 is 23.5 Å². The summed E-state index contributed by atoms with van der Waals surface area (Å²) >= 11 is 5.66. The van der Waals surface area contributed by atoms with Crippen molar-refractivity contribution in [3.8, 4) is 0 Å². The van der Waals surface area contributed by atoms with Gasteiger partial charge in [0.2, 0.25) is 6.08 Å². The maximum absolute atomic E-state index is 12.2. The van der Waals surface area contributed by atoms with Crippen LogP contribution < -0.4 is 0 Å². The molecule has 0 aliphatic carbocycles. The molecule has 0 fully saturated rings. The van der Waals surface area contributed by atoms with Crippen molar-refractivity contribution in [2.75, 3.05) is 0 Å². The molecule has 0 radical (unpaired) electrons. The van der Waals surface area contributed by atoms with Crippen molar-refractivity contribution in [3.63, 3.8) is 0 Å². The average Bonchev–Trinajstić information content (AvgIpc) is 2.24. The molecular formula is C8H2ClF3N2O2S. The number of aromatic nitrogens is 1. The van der Waals surface area contributed by atoms with E-state index in [-0.39, 0.29) is 11.9 Å². The number of carbonyl (C=O) groups excluding carboxylic acids is 2. The van der Waals surface area contributed by atoms with Gasteiger partial charge >= 0.3 is 6.18 Å². The number of halogens is 4. The van der Waals surface area contributed by atoms with Crippen molar-refractivity contribution in [2.24, 2.45) is 4.40 Å². The van der Waals surface area contributed by atoms with E-state index in [2.05, 4.69) is 9.38 Å². The van der Waals surface area contributed by atoms with Crippen LogP contribution in [-0.4, -0.2) is 16.2 Å². The highest BCUT2D eigenvalue weighted by Gasteiger charge is 2.32. The molecule has 0 N–H and O–H groups in total. The van der Waals surface area contributed by atoms with Gasteiger partial charge in [-0.15, -0.1) is 4.40 Å². The molecule has 0 aliphatic heterocycles. The summed E-state index contributed by atoms with van der Waals surface area (Å²) in [6.07, 6.45) is -3.02. The molecule has 0 aliphatic rings. The van der Waals surface area contributed by atoms with E-state index in [4.69, 9.17) is 11.6 Å². The Balaban J connectivity index is 3.06. The van der Waals surface area contributed by atoms with E-state index in [1.54, 1.807) is 0 Å². The third-order valence-corrected chi connectivity index (χ3v) is 2.34. The maximum Gasteiger partial charge on any atom is 0.417 e. The summed E-state index contributed by atoms with van der Waals surface area (Å²) in [6.45, 7) is 0. The number of isocyanates is 1. The summed E-state index contributed by atoms with van der Waals surface area (Å²) in [4.78, 5) is 24.3. The first-order valence-corrected chi connectivity index (χ1v) is 5.02. The monoisotopic (exact) mass is 282 g/mol. The molecule has 1 aromatic rings.